The molecule has 0 aliphatic rings. The van der Waals surface area contributed by atoms with E-state index in [1.54, 1.807) is 6.20 Å². The first-order valence-corrected chi connectivity index (χ1v) is 7.58. The number of hydrogen-bond donors (Lipinski definition) is 1. The average Bonchev–Trinajstić information content (AvgIpc) is 2.82. The van der Waals surface area contributed by atoms with Gasteiger partial charge in [-0.05, 0) is 19.1 Å². The normalized spacial score (nSPS) is 11.2. The molecule has 2 heterocycles. The number of aryl methyl sites for hydroxylation is 1. The van der Waals surface area contributed by atoms with Crippen LogP contribution in [0.1, 0.15) is 15.6 Å². The van der Waals surface area contributed by atoms with E-state index in [2.05, 4.69) is 14.7 Å². The monoisotopic (exact) mass is 294 g/mol. The highest BCUT2D eigenvalue weighted by Crippen LogP contribution is 2.13. The van der Waals surface area contributed by atoms with Crippen LogP contribution in [0.4, 0.5) is 0 Å². The lowest BCUT2D eigenvalue weighted by Crippen LogP contribution is -2.23. The van der Waals surface area contributed by atoms with E-state index in [0.29, 0.717) is 0 Å². The van der Waals surface area contributed by atoms with Gasteiger partial charge in [0, 0.05) is 23.8 Å². The Bertz CT molecular complexity index is 714. The molecule has 0 unspecified atom stereocenters. The number of nitrogens with one attached hydrogen (secondary N) is 1. The number of pyridine rings is 1. The van der Waals surface area contributed by atoms with Crippen molar-refractivity contribution in [3.05, 3.63) is 40.1 Å². The van der Waals surface area contributed by atoms with Crippen LogP contribution in [0.5, 0.6) is 0 Å². The van der Waals surface area contributed by atoms with Gasteiger partial charge in [-0.25, -0.2) is 23.1 Å². The summed E-state index contributed by atoms with van der Waals surface area (Å²) < 4.78 is 26.4. The Kier molecular flexibility index (Phi) is 3.90. The molecule has 0 amide bonds. The first-order valence-electron chi connectivity index (χ1n) is 5.28. The third-order valence-electron chi connectivity index (χ3n) is 2.27. The molecule has 0 aliphatic heterocycles. The quantitative estimate of drug-likeness (QED) is 0.914. The Balaban J connectivity index is 2.11. The molecule has 0 aromatic carbocycles. The van der Waals surface area contributed by atoms with Gasteiger partial charge in [0.1, 0.15) is 16.7 Å². The van der Waals surface area contributed by atoms with Crippen LogP contribution in [0, 0.1) is 18.3 Å². The zero-order chi connectivity index (χ0) is 13.9. The molecular formula is C11H10N4O2S2. The lowest BCUT2D eigenvalue weighted by atomic mass is 10.4. The summed E-state index contributed by atoms with van der Waals surface area (Å²) in [5, 5.41) is 9.49. The second-order valence-corrected chi connectivity index (χ2v) is 6.75. The highest BCUT2D eigenvalue weighted by Gasteiger charge is 2.14. The maximum atomic E-state index is 12.0. The zero-order valence-electron chi connectivity index (χ0n) is 9.99. The first kappa shape index (κ1) is 13.6. The van der Waals surface area contributed by atoms with Crippen molar-refractivity contribution in [3.63, 3.8) is 0 Å². The SMILES string of the molecule is Cc1ncc(CNS(=O)(=O)c2ccc(C#N)nc2)s1. The Morgan fingerprint density at radius 3 is 2.68 bits per heavy atom. The van der Waals surface area contributed by atoms with Gasteiger partial charge in [0.25, 0.3) is 0 Å². The molecule has 0 saturated heterocycles. The maximum Gasteiger partial charge on any atom is 0.242 e. The molecule has 98 valence electrons. The molecule has 2 aromatic heterocycles. The van der Waals surface area contributed by atoms with Crippen LogP contribution in [0.3, 0.4) is 0 Å². The third kappa shape index (κ3) is 3.35. The minimum Gasteiger partial charge on any atom is -0.250 e. The second-order valence-electron chi connectivity index (χ2n) is 3.66. The van der Waals surface area contributed by atoms with Crippen LogP contribution in [-0.4, -0.2) is 18.4 Å². The fourth-order valence-electron chi connectivity index (χ4n) is 1.34. The fourth-order valence-corrected chi connectivity index (χ4v) is 3.12. The van der Waals surface area contributed by atoms with Crippen LogP contribution in [0.15, 0.2) is 29.4 Å². The van der Waals surface area contributed by atoms with Crippen LogP contribution in [0.2, 0.25) is 0 Å². The molecular weight excluding hydrogens is 284 g/mol. The molecule has 2 aromatic rings. The number of rotatable bonds is 4. The average molecular weight is 294 g/mol. The van der Waals surface area contributed by atoms with Gasteiger partial charge >= 0.3 is 0 Å². The van der Waals surface area contributed by atoms with Crippen LogP contribution in [0.25, 0.3) is 0 Å². The van der Waals surface area contributed by atoms with Crippen molar-refractivity contribution in [2.75, 3.05) is 0 Å². The molecule has 19 heavy (non-hydrogen) atoms. The number of nitriles is 1. The maximum absolute atomic E-state index is 12.0. The Morgan fingerprint density at radius 1 is 1.37 bits per heavy atom. The molecule has 0 saturated carbocycles. The smallest absolute Gasteiger partial charge is 0.242 e. The van der Waals surface area contributed by atoms with E-state index < -0.39 is 10.0 Å². The Hall–Kier alpha value is -1.82. The van der Waals surface area contributed by atoms with Crippen molar-refractivity contribution >= 4 is 21.4 Å². The van der Waals surface area contributed by atoms with Crippen LogP contribution < -0.4 is 4.72 Å². The van der Waals surface area contributed by atoms with Gasteiger partial charge in [-0.1, -0.05) is 0 Å². The number of thiazole rings is 1. The van der Waals surface area contributed by atoms with Crippen molar-refractivity contribution in [2.45, 2.75) is 18.4 Å². The summed E-state index contributed by atoms with van der Waals surface area (Å²) in [6, 6.07) is 4.55. The van der Waals surface area contributed by atoms with E-state index in [1.165, 1.54) is 29.7 Å². The Morgan fingerprint density at radius 2 is 2.16 bits per heavy atom. The molecule has 0 spiro atoms. The van der Waals surface area contributed by atoms with E-state index >= 15 is 0 Å². The lowest BCUT2D eigenvalue weighted by molar-refractivity contribution is 0.581. The van der Waals surface area contributed by atoms with E-state index in [-0.39, 0.29) is 17.1 Å². The number of aromatic nitrogens is 2. The van der Waals surface area contributed by atoms with Crippen molar-refractivity contribution in [2.24, 2.45) is 0 Å². The topological polar surface area (TPSA) is 95.7 Å². The first-order chi connectivity index (χ1) is 9.01. The van der Waals surface area contributed by atoms with Gasteiger partial charge in [0.15, 0.2) is 0 Å². The van der Waals surface area contributed by atoms with Crippen molar-refractivity contribution < 1.29 is 8.42 Å². The molecule has 0 fully saturated rings. The lowest BCUT2D eigenvalue weighted by Gasteiger charge is -2.04. The van der Waals surface area contributed by atoms with E-state index in [1.807, 2.05) is 13.0 Å². The predicted molar refractivity (Wildman–Crippen MR) is 69.8 cm³/mol. The summed E-state index contributed by atoms with van der Waals surface area (Å²) in [7, 11) is -3.62. The van der Waals surface area contributed by atoms with E-state index in [0.717, 1.165) is 9.88 Å². The van der Waals surface area contributed by atoms with Gasteiger partial charge in [0.05, 0.1) is 5.01 Å². The summed E-state index contributed by atoms with van der Waals surface area (Å²) in [4.78, 5) is 8.65. The molecule has 0 radical (unpaired) electrons. The predicted octanol–water partition coefficient (Wildman–Crippen LogP) is 1.20. The van der Waals surface area contributed by atoms with Gasteiger partial charge in [-0.2, -0.15) is 5.26 Å². The van der Waals surface area contributed by atoms with Crippen molar-refractivity contribution in [1.29, 1.82) is 5.26 Å². The molecule has 2 rings (SSSR count). The van der Waals surface area contributed by atoms with Crippen molar-refractivity contribution in [1.82, 2.24) is 14.7 Å². The van der Waals surface area contributed by atoms with Crippen molar-refractivity contribution in [3.8, 4) is 6.07 Å². The largest absolute Gasteiger partial charge is 0.250 e. The molecule has 6 nitrogen and oxygen atoms in total. The fraction of sp³-hybridized carbons (Fsp3) is 0.182. The molecule has 0 atom stereocenters. The van der Waals surface area contributed by atoms with Gasteiger partial charge in [-0.3, -0.25) is 0 Å². The van der Waals surface area contributed by atoms with Gasteiger partial charge < -0.3 is 0 Å². The van der Waals surface area contributed by atoms with Crippen LogP contribution >= 0.6 is 11.3 Å². The highest BCUT2D eigenvalue weighted by atomic mass is 32.2. The second kappa shape index (κ2) is 5.44. The van der Waals surface area contributed by atoms with E-state index in [4.69, 9.17) is 5.26 Å². The molecule has 8 heteroatoms. The minimum atomic E-state index is -3.62. The number of sulfonamides is 1. The molecule has 0 bridgehead atoms. The summed E-state index contributed by atoms with van der Waals surface area (Å²) >= 11 is 1.43. The molecule has 1 N–H and O–H groups in total. The number of nitrogens with zero attached hydrogens (tertiary/aromatic N) is 3. The van der Waals surface area contributed by atoms with Gasteiger partial charge in [-0.15, -0.1) is 11.3 Å². The van der Waals surface area contributed by atoms with E-state index in [9.17, 15) is 8.42 Å². The van der Waals surface area contributed by atoms with Crippen LogP contribution in [-0.2, 0) is 16.6 Å². The summed E-state index contributed by atoms with van der Waals surface area (Å²) in [6.45, 7) is 2.04. The summed E-state index contributed by atoms with van der Waals surface area (Å²) in [5.41, 5.74) is 0.178. The minimum absolute atomic E-state index is 0.0349. The summed E-state index contributed by atoms with van der Waals surface area (Å²) in [6.07, 6.45) is 2.80. The number of hydrogen-bond acceptors (Lipinski definition) is 6. The van der Waals surface area contributed by atoms with Gasteiger partial charge in [0.2, 0.25) is 10.0 Å². The summed E-state index contributed by atoms with van der Waals surface area (Å²) in [5.74, 6) is 0. The standard InChI is InChI=1S/C11H10N4O2S2/c1-8-13-5-10(18-8)6-15-19(16,17)11-3-2-9(4-12)14-7-11/h2-3,5,7,15H,6H2,1H3. The molecule has 0 aliphatic carbocycles. The zero-order valence-corrected chi connectivity index (χ0v) is 11.6. The highest BCUT2D eigenvalue weighted by molar-refractivity contribution is 7.89. The Labute approximate surface area is 114 Å². The third-order valence-corrected chi connectivity index (χ3v) is 4.57.